The first-order valence-corrected chi connectivity index (χ1v) is 13.3. The molecule has 0 bridgehead atoms. The number of nitrogens with zero attached hydrogens (tertiary/aromatic N) is 3. The highest BCUT2D eigenvalue weighted by atomic mass is 35.5. The zero-order chi connectivity index (χ0) is 25.3. The molecule has 1 aromatic heterocycles. The van der Waals surface area contributed by atoms with Gasteiger partial charge in [0, 0.05) is 30.8 Å². The Kier molecular flexibility index (Phi) is 9.32. The predicted molar refractivity (Wildman–Crippen MR) is 148 cm³/mol. The van der Waals surface area contributed by atoms with Crippen molar-refractivity contribution in [2.24, 2.45) is 0 Å². The van der Waals surface area contributed by atoms with E-state index in [2.05, 4.69) is 71.8 Å². The van der Waals surface area contributed by atoms with Crippen molar-refractivity contribution in [3.63, 3.8) is 0 Å². The van der Waals surface area contributed by atoms with E-state index in [4.69, 9.17) is 16.6 Å². The molecule has 0 N–H and O–H groups in total. The molecule has 0 aliphatic rings. The highest BCUT2D eigenvalue weighted by Crippen LogP contribution is 2.31. The Hall–Kier alpha value is -2.95. The zero-order valence-electron chi connectivity index (χ0n) is 21.3. The lowest BCUT2D eigenvalue weighted by Gasteiger charge is -2.24. The molecule has 36 heavy (non-hydrogen) atoms. The molecule has 5 heteroatoms. The third kappa shape index (κ3) is 6.43. The van der Waals surface area contributed by atoms with Gasteiger partial charge in [-0.1, -0.05) is 105 Å². The maximum absolute atomic E-state index is 14.2. The third-order valence-corrected chi connectivity index (χ3v) is 6.79. The molecule has 0 radical (unpaired) electrons. The minimum atomic E-state index is -0.367. The number of rotatable bonds is 12. The number of aromatic nitrogens is 2. The molecule has 0 amide bonds. The number of halogens is 2. The summed E-state index contributed by atoms with van der Waals surface area (Å²) in [7, 11) is 0. The van der Waals surface area contributed by atoms with Crippen molar-refractivity contribution in [1.29, 1.82) is 0 Å². The number of unbranched alkanes of at least 4 members (excludes halogenated alkanes) is 2. The molecule has 3 nitrogen and oxygen atoms in total. The summed E-state index contributed by atoms with van der Waals surface area (Å²) in [6.07, 6.45) is 4.36. The van der Waals surface area contributed by atoms with E-state index < -0.39 is 0 Å². The first-order valence-electron chi connectivity index (χ1n) is 13.0. The Balaban J connectivity index is 1.79. The average Bonchev–Trinajstić information content (AvgIpc) is 3.27. The van der Waals surface area contributed by atoms with E-state index in [0.717, 1.165) is 73.5 Å². The predicted octanol–water partition coefficient (Wildman–Crippen LogP) is 8.61. The largest absolute Gasteiger partial charge is 0.326 e. The topological polar surface area (TPSA) is 21.1 Å². The number of imidazole rings is 1. The Labute approximate surface area is 219 Å². The van der Waals surface area contributed by atoms with Gasteiger partial charge in [-0.05, 0) is 37.1 Å². The quantitative estimate of drug-likeness (QED) is 0.193. The number of benzene rings is 3. The van der Waals surface area contributed by atoms with Crippen LogP contribution in [0.3, 0.4) is 0 Å². The van der Waals surface area contributed by atoms with Crippen molar-refractivity contribution in [1.82, 2.24) is 14.5 Å². The molecule has 0 atom stereocenters. The van der Waals surface area contributed by atoms with Crippen LogP contribution in [0.1, 0.15) is 50.8 Å². The van der Waals surface area contributed by atoms with Gasteiger partial charge in [0.2, 0.25) is 0 Å². The molecule has 1 heterocycles. The normalized spacial score (nSPS) is 11.4. The summed E-state index contributed by atoms with van der Waals surface area (Å²) in [4.78, 5) is 7.64. The van der Waals surface area contributed by atoms with Crippen LogP contribution >= 0.6 is 11.6 Å². The SMILES string of the molecule is CCCCN(Cc1ccc(Cl)c(F)c1)Cc1c(-c2ccccc2)nc(-c2ccccc2)n1CCCC. The number of hydrogen-bond acceptors (Lipinski definition) is 2. The van der Waals surface area contributed by atoms with Crippen LogP contribution in [0, 0.1) is 5.82 Å². The van der Waals surface area contributed by atoms with E-state index in [1.165, 1.54) is 5.69 Å². The summed E-state index contributed by atoms with van der Waals surface area (Å²) in [6.45, 7) is 7.65. The Morgan fingerprint density at radius 2 is 1.50 bits per heavy atom. The molecule has 0 aliphatic carbocycles. The first kappa shape index (κ1) is 26.1. The minimum Gasteiger partial charge on any atom is -0.326 e. The van der Waals surface area contributed by atoms with Gasteiger partial charge in [0.05, 0.1) is 16.4 Å². The second kappa shape index (κ2) is 12.8. The molecule has 188 valence electrons. The van der Waals surface area contributed by atoms with Crippen molar-refractivity contribution in [2.45, 2.75) is 59.2 Å². The molecule has 0 fully saturated rings. The molecule has 3 aromatic carbocycles. The summed E-state index contributed by atoms with van der Waals surface area (Å²) < 4.78 is 16.6. The zero-order valence-corrected chi connectivity index (χ0v) is 22.0. The minimum absolute atomic E-state index is 0.162. The summed E-state index contributed by atoms with van der Waals surface area (Å²) in [5.74, 6) is 0.639. The Morgan fingerprint density at radius 3 is 2.14 bits per heavy atom. The first-order chi connectivity index (χ1) is 17.6. The third-order valence-electron chi connectivity index (χ3n) is 6.48. The summed E-state index contributed by atoms with van der Waals surface area (Å²) in [6, 6.07) is 26.0. The fourth-order valence-electron chi connectivity index (χ4n) is 4.54. The van der Waals surface area contributed by atoms with E-state index in [1.807, 2.05) is 18.2 Å². The van der Waals surface area contributed by atoms with Crippen molar-refractivity contribution >= 4 is 11.6 Å². The fourth-order valence-corrected chi connectivity index (χ4v) is 4.66. The summed E-state index contributed by atoms with van der Waals surface area (Å²) in [5.41, 5.74) is 5.40. The lowest BCUT2D eigenvalue weighted by molar-refractivity contribution is 0.246. The van der Waals surface area contributed by atoms with Crippen LogP contribution in [0.15, 0.2) is 78.9 Å². The lowest BCUT2D eigenvalue weighted by Crippen LogP contribution is -2.26. The van der Waals surface area contributed by atoms with E-state index in [-0.39, 0.29) is 10.8 Å². The molecular weight excluding hydrogens is 469 g/mol. The van der Waals surface area contributed by atoms with Crippen LogP contribution in [0.25, 0.3) is 22.6 Å². The van der Waals surface area contributed by atoms with Gasteiger partial charge in [0.15, 0.2) is 0 Å². The number of hydrogen-bond donors (Lipinski definition) is 0. The van der Waals surface area contributed by atoms with Crippen LogP contribution in [-0.4, -0.2) is 21.0 Å². The second-order valence-corrected chi connectivity index (χ2v) is 9.69. The van der Waals surface area contributed by atoms with Gasteiger partial charge in [0.1, 0.15) is 11.6 Å². The van der Waals surface area contributed by atoms with Gasteiger partial charge in [-0.2, -0.15) is 0 Å². The Morgan fingerprint density at radius 1 is 0.833 bits per heavy atom. The van der Waals surface area contributed by atoms with Gasteiger partial charge in [-0.25, -0.2) is 9.37 Å². The van der Waals surface area contributed by atoms with Gasteiger partial charge < -0.3 is 4.57 Å². The highest BCUT2D eigenvalue weighted by Gasteiger charge is 2.22. The van der Waals surface area contributed by atoms with Gasteiger partial charge >= 0.3 is 0 Å². The van der Waals surface area contributed by atoms with Crippen molar-refractivity contribution in [3.8, 4) is 22.6 Å². The van der Waals surface area contributed by atoms with Crippen LogP contribution in [0.5, 0.6) is 0 Å². The van der Waals surface area contributed by atoms with Crippen LogP contribution < -0.4 is 0 Å². The molecule has 4 rings (SSSR count). The molecule has 0 saturated carbocycles. The Bertz CT molecular complexity index is 1240. The molecule has 0 spiro atoms. The van der Waals surface area contributed by atoms with E-state index in [9.17, 15) is 4.39 Å². The summed E-state index contributed by atoms with van der Waals surface area (Å²) >= 11 is 5.95. The van der Waals surface area contributed by atoms with Gasteiger partial charge in [0.25, 0.3) is 0 Å². The fraction of sp³-hybridized carbons (Fsp3) is 0.323. The van der Waals surface area contributed by atoms with E-state index in [0.29, 0.717) is 6.54 Å². The highest BCUT2D eigenvalue weighted by molar-refractivity contribution is 6.30. The molecule has 0 aliphatic heterocycles. The van der Waals surface area contributed by atoms with Gasteiger partial charge in [-0.15, -0.1) is 0 Å². The van der Waals surface area contributed by atoms with Gasteiger partial charge in [-0.3, -0.25) is 4.90 Å². The lowest BCUT2D eigenvalue weighted by atomic mass is 10.1. The molecule has 0 unspecified atom stereocenters. The summed E-state index contributed by atoms with van der Waals surface area (Å²) in [5, 5.41) is 0.162. The maximum atomic E-state index is 14.2. The van der Waals surface area contributed by atoms with E-state index in [1.54, 1.807) is 12.1 Å². The maximum Gasteiger partial charge on any atom is 0.142 e. The molecule has 0 saturated heterocycles. The monoisotopic (exact) mass is 503 g/mol. The van der Waals surface area contributed by atoms with Crippen LogP contribution in [-0.2, 0) is 19.6 Å². The van der Waals surface area contributed by atoms with Crippen molar-refractivity contribution < 1.29 is 4.39 Å². The smallest absolute Gasteiger partial charge is 0.142 e. The van der Waals surface area contributed by atoms with Crippen LogP contribution in [0.2, 0.25) is 5.02 Å². The molecule has 4 aromatic rings. The van der Waals surface area contributed by atoms with Crippen LogP contribution in [0.4, 0.5) is 4.39 Å². The second-order valence-electron chi connectivity index (χ2n) is 9.28. The van der Waals surface area contributed by atoms with E-state index >= 15 is 0 Å². The average molecular weight is 504 g/mol. The standard InChI is InChI=1S/C31H35ClFN3/c1-3-5-19-35(22-24-17-18-27(32)28(33)21-24)23-29-30(25-13-9-7-10-14-25)34-31(36(29)20-6-4-2)26-15-11-8-12-16-26/h7-18,21H,3-6,19-20,22-23H2,1-2H3. The van der Waals surface area contributed by atoms with Crippen molar-refractivity contribution in [2.75, 3.05) is 6.54 Å². The molecular formula is C31H35ClFN3. The van der Waals surface area contributed by atoms with Crippen molar-refractivity contribution in [3.05, 3.63) is 101 Å².